The summed E-state index contributed by atoms with van der Waals surface area (Å²) in [6.07, 6.45) is 0. The molecule has 140 valence electrons. The summed E-state index contributed by atoms with van der Waals surface area (Å²) in [5.41, 5.74) is 2.06. The van der Waals surface area contributed by atoms with E-state index in [1.54, 1.807) is 21.1 Å². The van der Waals surface area contributed by atoms with Crippen LogP contribution in [0.15, 0.2) is 12.1 Å². The van der Waals surface area contributed by atoms with E-state index in [0.29, 0.717) is 18.0 Å². The lowest BCUT2D eigenvalue weighted by molar-refractivity contribution is -0.124. The standard InChI is InChI=1S/C18H29N3O4/c1-11(2)19-18(23)20-17(22)13(4)21(5)10-14-9-16(25-7)15(24-6)8-12(14)3/h8-9,11,13H,10H2,1-7H3,(H2,19,20,22,23)/t13-/m1/s1. The largest absolute Gasteiger partial charge is 0.493 e. The molecule has 2 N–H and O–H groups in total. The van der Waals surface area contributed by atoms with Gasteiger partial charge in [0.15, 0.2) is 11.5 Å². The molecule has 3 amide bonds. The summed E-state index contributed by atoms with van der Waals surface area (Å²) in [5, 5.41) is 4.99. The zero-order chi connectivity index (χ0) is 19.1. The third kappa shape index (κ3) is 5.94. The predicted octanol–water partition coefficient (Wildman–Crippen LogP) is 2.07. The Morgan fingerprint density at radius 1 is 1.12 bits per heavy atom. The lowest BCUT2D eigenvalue weighted by Crippen LogP contribution is -2.49. The van der Waals surface area contributed by atoms with E-state index in [2.05, 4.69) is 10.6 Å². The molecule has 7 nitrogen and oxygen atoms in total. The van der Waals surface area contributed by atoms with E-state index in [9.17, 15) is 9.59 Å². The minimum Gasteiger partial charge on any atom is -0.493 e. The van der Waals surface area contributed by atoms with Gasteiger partial charge >= 0.3 is 6.03 Å². The molecule has 1 aromatic carbocycles. The van der Waals surface area contributed by atoms with Gasteiger partial charge in [-0.15, -0.1) is 0 Å². The number of hydrogen-bond donors (Lipinski definition) is 2. The first-order valence-corrected chi connectivity index (χ1v) is 8.22. The molecule has 0 aliphatic rings. The molecule has 1 atom stereocenters. The Bertz CT molecular complexity index is 617. The van der Waals surface area contributed by atoms with E-state index < -0.39 is 12.1 Å². The molecule has 0 spiro atoms. The SMILES string of the molecule is COc1cc(C)c(CN(C)[C@H](C)C(=O)NC(=O)NC(C)C)cc1OC. The second-order valence-corrected chi connectivity index (χ2v) is 6.34. The maximum Gasteiger partial charge on any atom is 0.321 e. The van der Waals surface area contributed by atoms with Crippen LogP contribution in [0.1, 0.15) is 31.9 Å². The highest BCUT2D eigenvalue weighted by atomic mass is 16.5. The minimum atomic E-state index is -0.484. The lowest BCUT2D eigenvalue weighted by Gasteiger charge is -2.25. The maximum atomic E-state index is 12.2. The number of hydrogen-bond acceptors (Lipinski definition) is 5. The van der Waals surface area contributed by atoms with Gasteiger partial charge < -0.3 is 14.8 Å². The van der Waals surface area contributed by atoms with Gasteiger partial charge in [-0.2, -0.15) is 0 Å². The van der Waals surface area contributed by atoms with Crippen LogP contribution in [0.4, 0.5) is 4.79 Å². The molecule has 0 aliphatic carbocycles. The average molecular weight is 351 g/mol. The van der Waals surface area contributed by atoms with Gasteiger partial charge in [0, 0.05) is 12.6 Å². The molecule has 1 aromatic rings. The molecule has 0 aliphatic heterocycles. The number of amides is 3. The molecular formula is C18H29N3O4. The molecule has 0 heterocycles. The molecule has 0 bridgehead atoms. The summed E-state index contributed by atoms with van der Waals surface area (Å²) in [4.78, 5) is 25.7. The van der Waals surface area contributed by atoms with Gasteiger partial charge in [0.05, 0.1) is 20.3 Å². The molecule has 0 unspecified atom stereocenters. The molecule has 0 aromatic heterocycles. The summed E-state index contributed by atoms with van der Waals surface area (Å²) in [7, 11) is 5.02. The zero-order valence-electron chi connectivity index (χ0n) is 16.1. The fourth-order valence-corrected chi connectivity index (χ4v) is 2.31. The van der Waals surface area contributed by atoms with Crippen LogP contribution in [0.5, 0.6) is 11.5 Å². The van der Waals surface area contributed by atoms with Crippen molar-refractivity contribution >= 4 is 11.9 Å². The number of carbonyl (C=O) groups excluding carboxylic acids is 2. The summed E-state index contributed by atoms with van der Waals surface area (Å²) in [5.74, 6) is 0.964. The fourth-order valence-electron chi connectivity index (χ4n) is 2.31. The second kappa shape index (κ2) is 9.27. The predicted molar refractivity (Wildman–Crippen MR) is 97.0 cm³/mol. The first-order chi connectivity index (χ1) is 11.7. The summed E-state index contributed by atoms with van der Waals surface area (Å²) in [6.45, 7) is 7.94. The smallest absolute Gasteiger partial charge is 0.321 e. The lowest BCUT2D eigenvalue weighted by atomic mass is 10.1. The van der Waals surface area contributed by atoms with Crippen LogP contribution in [-0.4, -0.2) is 50.2 Å². The number of urea groups is 1. The highest BCUT2D eigenvalue weighted by Crippen LogP contribution is 2.30. The van der Waals surface area contributed by atoms with Crippen molar-refractivity contribution in [2.24, 2.45) is 0 Å². The van der Waals surface area contributed by atoms with Crippen LogP contribution in [0, 0.1) is 6.92 Å². The summed E-state index contributed by atoms with van der Waals surface area (Å²) in [6, 6.07) is 2.83. The van der Waals surface area contributed by atoms with E-state index in [4.69, 9.17) is 9.47 Å². The van der Waals surface area contributed by atoms with Crippen LogP contribution in [0.2, 0.25) is 0 Å². The fraction of sp³-hybridized carbons (Fsp3) is 0.556. The van der Waals surface area contributed by atoms with Crippen molar-refractivity contribution in [3.05, 3.63) is 23.3 Å². The first kappa shape index (κ1) is 20.8. The van der Waals surface area contributed by atoms with Gasteiger partial charge in [-0.25, -0.2) is 4.79 Å². The first-order valence-electron chi connectivity index (χ1n) is 8.22. The molecule has 0 saturated heterocycles. The van der Waals surface area contributed by atoms with Crippen molar-refractivity contribution in [2.45, 2.75) is 46.3 Å². The third-order valence-electron chi connectivity index (χ3n) is 3.96. The van der Waals surface area contributed by atoms with Crippen molar-refractivity contribution in [3.63, 3.8) is 0 Å². The Labute approximate surface area is 149 Å². The Morgan fingerprint density at radius 2 is 1.68 bits per heavy atom. The van der Waals surface area contributed by atoms with Crippen LogP contribution in [0.3, 0.4) is 0 Å². The van der Waals surface area contributed by atoms with Crippen LogP contribution < -0.4 is 20.1 Å². The third-order valence-corrected chi connectivity index (χ3v) is 3.96. The van der Waals surface area contributed by atoms with Gasteiger partial charge in [0.1, 0.15) is 0 Å². The number of likely N-dealkylation sites (N-methyl/N-ethyl adjacent to an activating group) is 1. The van der Waals surface area contributed by atoms with Crippen molar-refractivity contribution in [3.8, 4) is 11.5 Å². The quantitative estimate of drug-likeness (QED) is 0.786. The number of nitrogens with zero attached hydrogens (tertiary/aromatic N) is 1. The van der Waals surface area contributed by atoms with Gasteiger partial charge in [0.25, 0.3) is 0 Å². The number of rotatable bonds is 7. The molecule has 25 heavy (non-hydrogen) atoms. The number of benzene rings is 1. The van der Waals surface area contributed by atoms with Crippen LogP contribution >= 0.6 is 0 Å². The Kier molecular flexibility index (Phi) is 7.70. The van der Waals surface area contributed by atoms with Crippen LogP contribution in [-0.2, 0) is 11.3 Å². The summed E-state index contributed by atoms with van der Waals surface area (Å²) >= 11 is 0. The van der Waals surface area contributed by atoms with E-state index >= 15 is 0 Å². The summed E-state index contributed by atoms with van der Waals surface area (Å²) < 4.78 is 10.6. The number of ether oxygens (including phenoxy) is 2. The normalized spacial score (nSPS) is 12.0. The zero-order valence-corrected chi connectivity index (χ0v) is 16.1. The van der Waals surface area contributed by atoms with E-state index in [-0.39, 0.29) is 11.9 Å². The maximum absolute atomic E-state index is 12.2. The number of imide groups is 1. The number of nitrogens with one attached hydrogen (secondary N) is 2. The Balaban J connectivity index is 2.79. The molecular weight excluding hydrogens is 322 g/mol. The van der Waals surface area contributed by atoms with E-state index in [1.165, 1.54) is 0 Å². The Hall–Kier alpha value is -2.28. The van der Waals surface area contributed by atoms with Crippen molar-refractivity contribution in [2.75, 3.05) is 21.3 Å². The number of aryl methyl sites for hydroxylation is 1. The van der Waals surface area contributed by atoms with Crippen LogP contribution in [0.25, 0.3) is 0 Å². The molecule has 1 rings (SSSR count). The molecule has 0 saturated carbocycles. The van der Waals surface area contributed by atoms with Gasteiger partial charge in [-0.1, -0.05) is 0 Å². The van der Waals surface area contributed by atoms with E-state index in [0.717, 1.165) is 11.1 Å². The Morgan fingerprint density at radius 3 is 2.20 bits per heavy atom. The number of carbonyl (C=O) groups is 2. The van der Waals surface area contributed by atoms with Crippen molar-refractivity contribution in [1.82, 2.24) is 15.5 Å². The number of methoxy groups -OCH3 is 2. The molecule has 0 radical (unpaired) electrons. The highest BCUT2D eigenvalue weighted by Gasteiger charge is 2.21. The van der Waals surface area contributed by atoms with Crippen molar-refractivity contribution < 1.29 is 19.1 Å². The average Bonchev–Trinajstić information content (AvgIpc) is 2.54. The topological polar surface area (TPSA) is 79.9 Å². The van der Waals surface area contributed by atoms with Crippen molar-refractivity contribution in [1.29, 1.82) is 0 Å². The minimum absolute atomic E-state index is 0.0322. The molecule has 0 fully saturated rings. The van der Waals surface area contributed by atoms with Gasteiger partial charge in [-0.05, 0) is 58.0 Å². The van der Waals surface area contributed by atoms with Gasteiger partial charge in [0.2, 0.25) is 5.91 Å². The van der Waals surface area contributed by atoms with E-state index in [1.807, 2.05) is 44.9 Å². The van der Waals surface area contributed by atoms with Gasteiger partial charge in [-0.3, -0.25) is 15.0 Å². The molecule has 7 heteroatoms. The highest BCUT2D eigenvalue weighted by molar-refractivity contribution is 5.96. The monoisotopic (exact) mass is 351 g/mol. The second-order valence-electron chi connectivity index (χ2n) is 6.34.